The summed E-state index contributed by atoms with van der Waals surface area (Å²) in [6, 6.07) is 6.01. The number of benzene rings is 1. The van der Waals surface area contributed by atoms with Crippen LogP contribution in [0.3, 0.4) is 0 Å². The van der Waals surface area contributed by atoms with E-state index in [1.165, 1.54) is 13.5 Å². The molecule has 1 aromatic carbocycles. The van der Waals surface area contributed by atoms with E-state index in [-0.39, 0.29) is 5.97 Å². The summed E-state index contributed by atoms with van der Waals surface area (Å²) < 4.78 is 9.92. The molecule has 1 fully saturated rings. The summed E-state index contributed by atoms with van der Waals surface area (Å²) >= 11 is 0. The van der Waals surface area contributed by atoms with Crippen molar-refractivity contribution in [2.24, 2.45) is 0 Å². The van der Waals surface area contributed by atoms with Crippen molar-refractivity contribution in [3.05, 3.63) is 29.3 Å². The van der Waals surface area contributed by atoms with Gasteiger partial charge in [-0.1, -0.05) is 6.07 Å². The van der Waals surface area contributed by atoms with Gasteiger partial charge in [0.2, 0.25) is 0 Å². The zero-order valence-corrected chi connectivity index (χ0v) is 10.2. The summed E-state index contributed by atoms with van der Waals surface area (Å²) in [5.74, 6) is 0.195. The fourth-order valence-electron chi connectivity index (χ4n) is 2.18. The molecule has 0 aromatic heterocycles. The molecule has 1 saturated heterocycles. The fraction of sp³-hybridized carbons (Fsp3) is 0.462. The molecule has 4 heteroatoms. The fourth-order valence-corrected chi connectivity index (χ4v) is 2.18. The lowest BCUT2D eigenvalue weighted by Gasteiger charge is -2.13. The van der Waals surface area contributed by atoms with Gasteiger partial charge in [0.25, 0.3) is 0 Å². The number of esters is 1. The van der Waals surface area contributed by atoms with Gasteiger partial charge in [-0.25, -0.2) is 4.79 Å². The third-order valence-electron chi connectivity index (χ3n) is 3.09. The van der Waals surface area contributed by atoms with Gasteiger partial charge in [0.1, 0.15) is 11.3 Å². The first-order chi connectivity index (χ1) is 8.26. The van der Waals surface area contributed by atoms with Gasteiger partial charge >= 0.3 is 5.97 Å². The van der Waals surface area contributed by atoms with Gasteiger partial charge in [0, 0.05) is 6.04 Å². The van der Waals surface area contributed by atoms with Crippen LogP contribution in [-0.2, 0) is 4.74 Å². The Bertz CT molecular complexity index is 411. The minimum Gasteiger partial charge on any atom is -0.496 e. The standard InChI is InChI=1S/C13H17NO3/c1-16-12-6-5-9(11-4-3-7-14-11)8-10(12)13(15)17-2/h5-6,8,11,14H,3-4,7H2,1-2H3/t11-/m0/s1. The average Bonchev–Trinajstić information content (AvgIpc) is 2.91. The third kappa shape index (κ3) is 2.42. The number of carbonyl (C=O) groups excluding carboxylic acids is 1. The smallest absolute Gasteiger partial charge is 0.341 e. The van der Waals surface area contributed by atoms with Gasteiger partial charge < -0.3 is 14.8 Å². The van der Waals surface area contributed by atoms with E-state index in [0.29, 0.717) is 17.4 Å². The Morgan fingerprint density at radius 1 is 1.41 bits per heavy atom. The molecule has 0 aliphatic carbocycles. The second-order valence-corrected chi connectivity index (χ2v) is 4.10. The minimum absolute atomic E-state index is 0.337. The molecule has 1 aliphatic rings. The number of nitrogens with one attached hydrogen (secondary N) is 1. The molecular formula is C13H17NO3. The molecule has 1 aliphatic heterocycles. The highest BCUT2D eigenvalue weighted by Gasteiger charge is 2.20. The van der Waals surface area contributed by atoms with Gasteiger partial charge in [0.05, 0.1) is 14.2 Å². The Morgan fingerprint density at radius 3 is 2.82 bits per heavy atom. The molecule has 0 amide bonds. The van der Waals surface area contributed by atoms with Crippen LogP contribution >= 0.6 is 0 Å². The molecule has 1 N–H and O–H groups in total. The van der Waals surface area contributed by atoms with E-state index in [9.17, 15) is 4.79 Å². The van der Waals surface area contributed by atoms with Crippen molar-refractivity contribution in [1.82, 2.24) is 5.32 Å². The number of hydrogen-bond donors (Lipinski definition) is 1. The molecule has 2 rings (SSSR count). The average molecular weight is 235 g/mol. The molecule has 1 aromatic rings. The normalized spacial score (nSPS) is 19.1. The third-order valence-corrected chi connectivity index (χ3v) is 3.09. The summed E-state index contributed by atoms with van der Waals surface area (Å²) in [6.45, 7) is 1.03. The SMILES string of the molecule is COC(=O)c1cc([C@@H]2CCCN2)ccc1OC. The van der Waals surface area contributed by atoms with Crippen LogP contribution < -0.4 is 10.1 Å². The first-order valence-electron chi connectivity index (χ1n) is 5.76. The maximum atomic E-state index is 11.6. The van der Waals surface area contributed by atoms with Crippen molar-refractivity contribution < 1.29 is 14.3 Å². The zero-order chi connectivity index (χ0) is 12.3. The first kappa shape index (κ1) is 11.9. The number of ether oxygens (including phenoxy) is 2. The van der Waals surface area contributed by atoms with Crippen molar-refractivity contribution in [3.63, 3.8) is 0 Å². The molecular weight excluding hydrogens is 218 g/mol. The van der Waals surface area contributed by atoms with Crippen LogP contribution in [0, 0.1) is 0 Å². The van der Waals surface area contributed by atoms with E-state index >= 15 is 0 Å². The highest BCUT2D eigenvalue weighted by molar-refractivity contribution is 5.92. The molecule has 1 atom stereocenters. The minimum atomic E-state index is -0.360. The summed E-state index contributed by atoms with van der Waals surface area (Å²) in [4.78, 5) is 11.6. The number of methoxy groups -OCH3 is 2. The Kier molecular flexibility index (Phi) is 3.64. The second-order valence-electron chi connectivity index (χ2n) is 4.10. The highest BCUT2D eigenvalue weighted by Crippen LogP contribution is 2.28. The van der Waals surface area contributed by atoms with Gasteiger partial charge in [-0.15, -0.1) is 0 Å². The predicted octanol–water partition coefficient (Wildman–Crippen LogP) is 1.91. The summed E-state index contributed by atoms with van der Waals surface area (Å²) in [5, 5.41) is 3.40. The lowest BCUT2D eigenvalue weighted by Crippen LogP contribution is -2.14. The molecule has 0 saturated carbocycles. The molecule has 0 unspecified atom stereocenters. The molecule has 0 spiro atoms. The lowest BCUT2D eigenvalue weighted by atomic mass is 10.0. The van der Waals surface area contributed by atoms with E-state index < -0.39 is 0 Å². The van der Waals surface area contributed by atoms with Gasteiger partial charge in [-0.05, 0) is 37.1 Å². The van der Waals surface area contributed by atoms with Crippen molar-refractivity contribution in [2.45, 2.75) is 18.9 Å². The van der Waals surface area contributed by atoms with Gasteiger partial charge in [0.15, 0.2) is 0 Å². The Labute approximate surface area is 101 Å². The van der Waals surface area contributed by atoms with Crippen molar-refractivity contribution in [3.8, 4) is 5.75 Å². The topological polar surface area (TPSA) is 47.6 Å². The van der Waals surface area contributed by atoms with Crippen LogP contribution in [0.4, 0.5) is 0 Å². The maximum absolute atomic E-state index is 11.6. The molecule has 0 radical (unpaired) electrons. The van der Waals surface area contributed by atoms with E-state index in [1.807, 2.05) is 18.2 Å². The second kappa shape index (κ2) is 5.19. The molecule has 4 nitrogen and oxygen atoms in total. The maximum Gasteiger partial charge on any atom is 0.341 e. The quantitative estimate of drug-likeness (QED) is 0.813. The van der Waals surface area contributed by atoms with Gasteiger partial charge in [-0.3, -0.25) is 0 Å². The van der Waals surface area contributed by atoms with Crippen LogP contribution in [0.2, 0.25) is 0 Å². The predicted molar refractivity (Wildman–Crippen MR) is 64.3 cm³/mol. The van der Waals surface area contributed by atoms with Crippen LogP contribution in [0.15, 0.2) is 18.2 Å². The number of rotatable bonds is 3. The van der Waals surface area contributed by atoms with Crippen LogP contribution in [0.1, 0.15) is 34.8 Å². The molecule has 1 heterocycles. The highest BCUT2D eigenvalue weighted by atomic mass is 16.5. The zero-order valence-electron chi connectivity index (χ0n) is 10.2. The Hall–Kier alpha value is -1.55. The van der Waals surface area contributed by atoms with E-state index in [0.717, 1.165) is 18.5 Å². The van der Waals surface area contributed by atoms with E-state index in [4.69, 9.17) is 9.47 Å². The van der Waals surface area contributed by atoms with Gasteiger partial charge in [-0.2, -0.15) is 0 Å². The molecule has 17 heavy (non-hydrogen) atoms. The van der Waals surface area contributed by atoms with Crippen molar-refractivity contribution in [2.75, 3.05) is 20.8 Å². The lowest BCUT2D eigenvalue weighted by molar-refractivity contribution is 0.0597. The Morgan fingerprint density at radius 2 is 2.24 bits per heavy atom. The number of carbonyl (C=O) groups is 1. The molecule has 92 valence electrons. The summed E-state index contributed by atoms with van der Waals surface area (Å²) in [5.41, 5.74) is 1.60. The summed E-state index contributed by atoms with van der Waals surface area (Å²) in [7, 11) is 2.93. The van der Waals surface area contributed by atoms with E-state index in [1.54, 1.807) is 7.11 Å². The summed E-state index contributed by atoms with van der Waals surface area (Å²) in [6.07, 6.45) is 2.27. The monoisotopic (exact) mass is 235 g/mol. The van der Waals surface area contributed by atoms with Crippen LogP contribution in [0.5, 0.6) is 5.75 Å². The first-order valence-corrected chi connectivity index (χ1v) is 5.76. The van der Waals surface area contributed by atoms with Crippen molar-refractivity contribution >= 4 is 5.97 Å². The largest absolute Gasteiger partial charge is 0.496 e. The Balaban J connectivity index is 2.33. The van der Waals surface area contributed by atoms with Crippen molar-refractivity contribution in [1.29, 1.82) is 0 Å². The number of hydrogen-bond acceptors (Lipinski definition) is 4. The van der Waals surface area contributed by atoms with E-state index in [2.05, 4.69) is 5.32 Å². The van der Waals surface area contributed by atoms with Crippen LogP contribution in [-0.4, -0.2) is 26.7 Å². The van der Waals surface area contributed by atoms with Crippen LogP contribution in [0.25, 0.3) is 0 Å². The molecule has 0 bridgehead atoms.